The number of alkyl halides is 1. The van der Waals surface area contributed by atoms with Gasteiger partial charge in [0, 0.05) is 0 Å². The molecule has 8 heteroatoms. The van der Waals surface area contributed by atoms with Crippen molar-refractivity contribution in [3.05, 3.63) is 11.4 Å². The molecule has 0 aliphatic rings. The van der Waals surface area contributed by atoms with Gasteiger partial charge in [-0.3, -0.25) is 4.79 Å². The van der Waals surface area contributed by atoms with Crippen molar-refractivity contribution in [2.45, 2.75) is 25.8 Å². The first-order valence-corrected chi connectivity index (χ1v) is 5.52. The molecular weight excluding hydrogens is 248 g/mol. The zero-order chi connectivity index (χ0) is 13.0. The van der Waals surface area contributed by atoms with Crippen LogP contribution in [0.5, 0.6) is 0 Å². The maximum atomic E-state index is 11.5. The Balaban J connectivity index is 3.11. The van der Waals surface area contributed by atoms with Crippen molar-refractivity contribution in [3.63, 3.8) is 0 Å². The lowest BCUT2D eigenvalue weighted by molar-refractivity contribution is -0.121. The molecule has 0 saturated heterocycles. The first kappa shape index (κ1) is 13.4. The van der Waals surface area contributed by atoms with Crippen LogP contribution < -0.4 is 5.73 Å². The van der Waals surface area contributed by atoms with Crippen LogP contribution in [0.3, 0.4) is 0 Å². The Labute approximate surface area is 103 Å². The van der Waals surface area contributed by atoms with Crippen molar-refractivity contribution in [3.8, 4) is 0 Å². The number of hydrogen-bond acceptors (Lipinski definition) is 5. The van der Waals surface area contributed by atoms with Gasteiger partial charge in [-0.15, -0.1) is 16.7 Å². The molecular formula is C9H13ClN4O3. The van der Waals surface area contributed by atoms with Crippen LogP contribution in [0.4, 0.5) is 0 Å². The van der Waals surface area contributed by atoms with Gasteiger partial charge >= 0.3 is 5.97 Å². The SMILES string of the molecule is CCOC(=O)c1nnn(C(C)C(N)=O)c1CCl. The summed E-state index contributed by atoms with van der Waals surface area (Å²) in [5.41, 5.74) is 5.47. The predicted octanol–water partition coefficient (Wildman–Crippen LogP) is 0.240. The average Bonchev–Trinajstić information content (AvgIpc) is 2.71. The van der Waals surface area contributed by atoms with E-state index < -0.39 is 17.9 Å². The molecule has 1 aromatic heterocycles. The highest BCUT2D eigenvalue weighted by Gasteiger charge is 2.24. The molecule has 0 aliphatic carbocycles. The zero-order valence-electron chi connectivity index (χ0n) is 9.51. The van der Waals surface area contributed by atoms with Crippen LogP contribution in [0, 0.1) is 0 Å². The van der Waals surface area contributed by atoms with Crippen LogP contribution in [0.15, 0.2) is 0 Å². The van der Waals surface area contributed by atoms with Crippen LogP contribution in [-0.4, -0.2) is 33.5 Å². The quantitative estimate of drug-likeness (QED) is 0.604. The first-order chi connectivity index (χ1) is 8.02. The molecule has 1 rings (SSSR count). The highest BCUT2D eigenvalue weighted by atomic mass is 35.5. The van der Waals surface area contributed by atoms with Gasteiger partial charge in [0.15, 0.2) is 5.69 Å². The van der Waals surface area contributed by atoms with Crippen LogP contribution in [0.25, 0.3) is 0 Å². The fourth-order valence-corrected chi connectivity index (χ4v) is 1.48. The molecule has 0 aromatic carbocycles. The zero-order valence-corrected chi connectivity index (χ0v) is 10.3. The van der Waals surface area contributed by atoms with Crippen molar-refractivity contribution in [1.29, 1.82) is 0 Å². The van der Waals surface area contributed by atoms with E-state index in [-0.39, 0.29) is 18.2 Å². The van der Waals surface area contributed by atoms with Gasteiger partial charge in [0.2, 0.25) is 5.91 Å². The number of esters is 1. The Kier molecular flexibility index (Phi) is 4.45. The molecule has 7 nitrogen and oxygen atoms in total. The van der Waals surface area contributed by atoms with Gasteiger partial charge in [0.25, 0.3) is 0 Å². The number of hydrogen-bond donors (Lipinski definition) is 1. The number of ether oxygens (including phenoxy) is 1. The second-order valence-electron chi connectivity index (χ2n) is 3.26. The van der Waals surface area contributed by atoms with E-state index in [1.807, 2.05) is 0 Å². The Hall–Kier alpha value is -1.63. The molecule has 1 unspecified atom stereocenters. The molecule has 0 fully saturated rings. The summed E-state index contributed by atoms with van der Waals surface area (Å²) in [5.74, 6) is -1.22. The molecule has 1 aromatic rings. The van der Waals surface area contributed by atoms with E-state index in [1.54, 1.807) is 13.8 Å². The summed E-state index contributed by atoms with van der Waals surface area (Å²) in [6.07, 6.45) is 0. The standard InChI is InChI=1S/C9H13ClN4O3/c1-3-17-9(16)7-6(4-10)14(13-12-7)5(2)8(11)15/h5H,3-4H2,1-2H3,(H2,11,15). The van der Waals surface area contributed by atoms with Crippen LogP contribution >= 0.6 is 11.6 Å². The van der Waals surface area contributed by atoms with Crippen LogP contribution in [-0.2, 0) is 15.4 Å². The highest BCUT2D eigenvalue weighted by Crippen LogP contribution is 2.15. The molecule has 94 valence electrons. The van der Waals surface area contributed by atoms with Crippen LogP contribution in [0.1, 0.15) is 36.1 Å². The number of rotatable bonds is 5. The molecule has 1 heterocycles. The molecule has 1 amide bonds. The van der Waals surface area contributed by atoms with Gasteiger partial charge in [-0.05, 0) is 13.8 Å². The number of aromatic nitrogens is 3. The van der Waals surface area contributed by atoms with Gasteiger partial charge in [0.1, 0.15) is 6.04 Å². The van der Waals surface area contributed by atoms with E-state index in [4.69, 9.17) is 22.1 Å². The minimum absolute atomic E-state index is 0.00921. The molecule has 0 spiro atoms. The average molecular weight is 261 g/mol. The maximum Gasteiger partial charge on any atom is 0.360 e. The van der Waals surface area contributed by atoms with Gasteiger partial charge in [-0.25, -0.2) is 9.48 Å². The number of primary amides is 1. The summed E-state index contributed by atoms with van der Waals surface area (Å²) >= 11 is 5.71. The van der Waals surface area contributed by atoms with Crippen molar-refractivity contribution in [2.75, 3.05) is 6.61 Å². The van der Waals surface area contributed by atoms with E-state index in [9.17, 15) is 9.59 Å². The Bertz CT molecular complexity index is 432. The normalized spacial score (nSPS) is 12.2. The summed E-state index contributed by atoms with van der Waals surface area (Å²) in [5, 5.41) is 7.35. The summed E-state index contributed by atoms with van der Waals surface area (Å²) in [4.78, 5) is 22.6. The van der Waals surface area contributed by atoms with Crippen LogP contribution in [0.2, 0.25) is 0 Å². The van der Waals surface area contributed by atoms with Gasteiger partial charge < -0.3 is 10.5 Å². The third-order valence-corrected chi connectivity index (χ3v) is 2.42. The Morgan fingerprint density at radius 2 is 2.24 bits per heavy atom. The summed E-state index contributed by atoms with van der Waals surface area (Å²) in [6, 6.07) is -0.723. The Morgan fingerprint density at radius 1 is 1.59 bits per heavy atom. The lowest BCUT2D eigenvalue weighted by Crippen LogP contribution is -2.26. The third kappa shape index (κ3) is 2.73. The fraction of sp³-hybridized carbons (Fsp3) is 0.556. The molecule has 0 saturated carbocycles. The number of carbonyl (C=O) groups is 2. The molecule has 1 atom stereocenters. The van der Waals surface area contributed by atoms with Crippen molar-refractivity contribution >= 4 is 23.5 Å². The number of halogens is 1. The van der Waals surface area contributed by atoms with Gasteiger partial charge in [-0.2, -0.15) is 0 Å². The molecule has 2 N–H and O–H groups in total. The molecule has 0 aliphatic heterocycles. The van der Waals surface area contributed by atoms with E-state index in [0.29, 0.717) is 5.69 Å². The smallest absolute Gasteiger partial charge is 0.360 e. The monoisotopic (exact) mass is 260 g/mol. The summed E-state index contributed by atoms with van der Waals surface area (Å²) in [6.45, 7) is 3.44. The second-order valence-corrected chi connectivity index (χ2v) is 3.53. The van der Waals surface area contributed by atoms with E-state index in [1.165, 1.54) is 4.68 Å². The first-order valence-electron chi connectivity index (χ1n) is 4.99. The van der Waals surface area contributed by atoms with Gasteiger partial charge in [0.05, 0.1) is 18.2 Å². The molecule has 17 heavy (non-hydrogen) atoms. The number of carbonyl (C=O) groups excluding carboxylic acids is 2. The summed E-state index contributed by atoms with van der Waals surface area (Å²) < 4.78 is 6.02. The topological polar surface area (TPSA) is 100 Å². The second kappa shape index (κ2) is 5.62. The number of amides is 1. The van der Waals surface area contributed by atoms with Crippen molar-refractivity contribution in [1.82, 2.24) is 15.0 Å². The lowest BCUT2D eigenvalue weighted by Gasteiger charge is -2.09. The number of nitrogens with zero attached hydrogens (tertiary/aromatic N) is 3. The van der Waals surface area contributed by atoms with Gasteiger partial charge in [-0.1, -0.05) is 5.21 Å². The van der Waals surface area contributed by atoms with E-state index >= 15 is 0 Å². The molecule has 0 radical (unpaired) electrons. The van der Waals surface area contributed by atoms with E-state index in [2.05, 4.69) is 10.3 Å². The Morgan fingerprint density at radius 3 is 2.71 bits per heavy atom. The lowest BCUT2D eigenvalue weighted by atomic mass is 10.3. The molecule has 0 bridgehead atoms. The van der Waals surface area contributed by atoms with Crippen molar-refractivity contribution < 1.29 is 14.3 Å². The minimum Gasteiger partial charge on any atom is -0.461 e. The van der Waals surface area contributed by atoms with Crippen molar-refractivity contribution in [2.24, 2.45) is 5.73 Å². The van der Waals surface area contributed by atoms with E-state index in [0.717, 1.165) is 0 Å². The highest BCUT2D eigenvalue weighted by molar-refractivity contribution is 6.17. The maximum absolute atomic E-state index is 11.5. The third-order valence-electron chi connectivity index (χ3n) is 2.16. The fourth-order valence-electron chi connectivity index (χ4n) is 1.23. The minimum atomic E-state index is -0.723. The predicted molar refractivity (Wildman–Crippen MR) is 59.4 cm³/mol. The summed E-state index contributed by atoms with van der Waals surface area (Å²) in [7, 11) is 0. The largest absolute Gasteiger partial charge is 0.461 e. The number of nitrogens with two attached hydrogens (primary N) is 1.